The molecule has 0 bridgehead atoms. The number of hydrogen-bond donors (Lipinski definition) is 2. The first-order chi connectivity index (χ1) is 8.19. The number of thiophene rings is 1. The third-order valence-corrected chi connectivity index (χ3v) is 4.79. The topological polar surface area (TPSA) is 32.3 Å². The number of aliphatic hydroxyl groups excluding tert-OH is 1. The summed E-state index contributed by atoms with van der Waals surface area (Å²) in [6, 6.07) is 3.00. The summed E-state index contributed by atoms with van der Waals surface area (Å²) in [5.74, 6) is 0.527. The molecule has 2 N–H and O–H groups in total. The van der Waals surface area contributed by atoms with Crippen LogP contribution < -0.4 is 5.32 Å². The van der Waals surface area contributed by atoms with Gasteiger partial charge < -0.3 is 10.4 Å². The Morgan fingerprint density at radius 3 is 2.71 bits per heavy atom. The highest BCUT2D eigenvalue weighted by Gasteiger charge is 2.22. The smallest absolute Gasteiger partial charge is 0.0931 e. The van der Waals surface area contributed by atoms with E-state index in [1.165, 1.54) is 18.4 Å². The van der Waals surface area contributed by atoms with Gasteiger partial charge in [-0.2, -0.15) is 0 Å². The van der Waals surface area contributed by atoms with Crippen LogP contribution in [-0.2, 0) is 0 Å². The summed E-state index contributed by atoms with van der Waals surface area (Å²) < 4.78 is 0.859. The minimum absolute atomic E-state index is 0.350. The van der Waals surface area contributed by atoms with E-state index in [0.29, 0.717) is 24.6 Å². The second-order valence-corrected chi connectivity index (χ2v) is 6.52. The second kappa shape index (κ2) is 6.19. The van der Waals surface area contributed by atoms with Gasteiger partial charge in [-0.3, -0.25) is 0 Å². The average molecular weight is 274 g/mol. The quantitative estimate of drug-likeness (QED) is 0.879. The highest BCUT2D eigenvalue weighted by atomic mass is 35.5. The minimum atomic E-state index is 0.350. The second-order valence-electron chi connectivity index (χ2n) is 4.97. The largest absolute Gasteiger partial charge is 0.396 e. The van der Waals surface area contributed by atoms with Crippen molar-refractivity contribution >= 4 is 22.9 Å². The van der Waals surface area contributed by atoms with Crippen LogP contribution in [0.4, 0.5) is 0 Å². The summed E-state index contributed by atoms with van der Waals surface area (Å²) in [6.45, 7) is 2.54. The minimum Gasteiger partial charge on any atom is -0.396 e. The van der Waals surface area contributed by atoms with Crippen molar-refractivity contribution in [3.8, 4) is 0 Å². The Morgan fingerprint density at radius 1 is 1.47 bits per heavy atom. The molecule has 1 atom stereocenters. The molecule has 4 heteroatoms. The first-order valence-electron chi connectivity index (χ1n) is 6.30. The molecule has 1 unspecified atom stereocenters. The highest BCUT2D eigenvalue weighted by molar-refractivity contribution is 7.14. The first-order valence-corrected chi connectivity index (χ1v) is 7.55. The molecule has 0 amide bonds. The molecule has 1 aliphatic carbocycles. The standard InChI is InChI=1S/C13H20ClNOS/c1-9(11-6-13(14)17-8-11)15-12-4-2-10(7-16)3-5-12/h6,8-10,12,15-16H,2-5,7H2,1H3. The monoisotopic (exact) mass is 273 g/mol. The maximum absolute atomic E-state index is 9.11. The fraction of sp³-hybridized carbons (Fsp3) is 0.692. The number of rotatable bonds is 4. The molecule has 0 radical (unpaired) electrons. The van der Waals surface area contributed by atoms with Crippen molar-refractivity contribution in [3.05, 3.63) is 21.3 Å². The number of halogens is 1. The maximum atomic E-state index is 9.11. The van der Waals surface area contributed by atoms with Gasteiger partial charge in [-0.1, -0.05) is 11.6 Å². The number of nitrogens with one attached hydrogen (secondary N) is 1. The van der Waals surface area contributed by atoms with Crippen molar-refractivity contribution in [2.45, 2.75) is 44.7 Å². The highest BCUT2D eigenvalue weighted by Crippen LogP contribution is 2.28. The van der Waals surface area contributed by atoms with Crippen LogP contribution in [0.3, 0.4) is 0 Å². The van der Waals surface area contributed by atoms with Gasteiger partial charge in [-0.05, 0) is 55.5 Å². The van der Waals surface area contributed by atoms with Crippen LogP contribution in [0.5, 0.6) is 0 Å². The summed E-state index contributed by atoms with van der Waals surface area (Å²) in [5, 5.41) is 14.9. The van der Waals surface area contributed by atoms with E-state index < -0.39 is 0 Å². The van der Waals surface area contributed by atoms with Crippen molar-refractivity contribution in [1.29, 1.82) is 0 Å². The molecule has 1 aromatic heterocycles. The van der Waals surface area contributed by atoms with Gasteiger partial charge in [-0.25, -0.2) is 0 Å². The van der Waals surface area contributed by atoms with E-state index in [2.05, 4.69) is 17.6 Å². The molecule has 2 rings (SSSR count). The van der Waals surface area contributed by atoms with Crippen LogP contribution >= 0.6 is 22.9 Å². The van der Waals surface area contributed by atoms with Crippen LogP contribution in [0.2, 0.25) is 4.34 Å². The Hall–Kier alpha value is -0.0900. The van der Waals surface area contributed by atoms with E-state index in [1.807, 2.05) is 6.07 Å². The molecule has 1 heterocycles. The fourth-order valence-corrected chi connectivity index (χ4v) is 3.50. The summed E-state index contributed by atoms with van der Waals surface area (Å²) in [5.41, 5.74) is 1.28. The molecule has 1 saturated carbocycles. The van der Waals surface area contributed by atoms with Gasteiger partial charge in [-0.15, -0.1) is 11.3 Å². The summed E-state index contributed by atoms with van der Waals surface area (Å²) in [6.07, 6.45) is 4.64. The van der Waals surface area contributed by atoms with Crippen molar-refractivity contribution in [2.75, 3.05) is 6.61 Å². The summed E-state index contributed by atoms with van der Waals surface area (Å²) in [7, 11) is 0. The van der Waals surface area contributed by atoms with Gasteiger partial charge in [0.15, 0.2) is 0 Å². The summed E-state index contributed by atoms with van der Waals surface area (Å²) in [4.78, 5) is 0. The van der Waals surface area contributed by atoms with Crippen LogP contribution in [0.25, 0.3) is 0 Å². The molecule has 2 nitrogen and oxygen atoms in total. The molecular formula is C13H20ClNOS. The Labute approximate surface area is 112 Å². The lowest BCUT2D eigenvalue weighted by Crippen LogP contribution is -2.35. The number of aliphatic hydroxyl groups is 1. The van der Waals surface area contributed by atoms with E-state index in [-0.39, 0.29) is 0 Å². The lowest BCUT2D eigenvalue weighted by atomic mass is 9.86. The van der Waals surface area contributed by atoms with Gasteiger partial charge in [0, 0.05) is 18.7 Å². The van der Waals surface area contributed by atoms with Crippen molar-refractivity contribution < 1.29 is 5.11 Å². The molecule has 96 valence electrons. The van der Waals surface area contributed by atoms with E-state index in [9.17, 15) is 0 Å². The molecule has 1 fully saturated rings. The fourth-order valence-electron chi connectivity index (χ4n) is 2.51. The lowest BCUT2D eigenvalue weighted by molar-refractivity contribution is 0.172. The predicted molar refractivity (Wildman–Crippen MR) is 73.7 cm³/mol. The van der Waals surface area contributed by atoms with E-state index >= 15 is 0 Å². The van der Waals surface area contributed by atoms with Gasteiger partial charge >= 0.3 is 0 Å². The lowest BCUT2D eigenvalue weighted by Gasteiger charge is -2.30. The zero-order valence-corrected chi connectivity index (χ0v) is 11.7. The van der Waals surface area contributed by atoms with Crippen LogP contribution in [0.15, 0.2) is 11.4 Å². The average Bonchev–Trinajstić information content (AvgIpc) is 2.77. The van der Waals surface area contributed by atoms with Crippen molar-refractivity contribution in [2.24, 2.45) is 5.92 Å². The van der Waals surface area contributed by atoms with Crippen molar-refractivity contribution in [1.82, 2.24) is 5.32 Å². The first kappa shape index (κ1) is 13.3. The zero-order valence-electron chi connectivity index (χ0n) is 10.2. The third-order valence-electron chi connectivity index (χ3n) is 3.68. The van der Waals surface area contributed by atoms with Crippen LogP contribution in [-0.4, -0.2) is 17.8 Å². The maximum Gasteiger partial charge on any atom is 0.0931 e. The molecule has 1 aliphatic rings. The Morgan fingerprint density at radius 2 is 2.18 bits per heavy atom. The molecule has 1 aromatic rings. The normalized spacial score (nSPS) is 27.0. The SMILES string of the molecule is CC(NC1CCC(CO)CC1)c1csc(Cl)c1. The molecular weight excluding hydrogens is 254 g/mol. The number of hydrogen-bond acceptors (Lipinski definition) is 3. The van der Waals surface area contributed by atoms with Gasteiger partial charge in [0.05, 0.1) is 4.34 Å². The molecule has 0 aliphatic heterocycles. The molecule has 0 spiro atoms. The van der Waals surface area contributed by atoms with E-state index in [4.69, 9.17) is 16.7 Å². The molecule has 0 saturated heterocycles. The van der Waals surface area contributed by atoms with E-state index in [1.54, 1.807) is 11.3 Å². The molecule has 0 aromatic carbocycles. The zero-order chi connectivity index (χ0) is 12.3. The predicted octanol–water partition coefficient (Wildman–Crippen LogP) is 3.60. The van der Waals surface area contributed by atoms with E-state index in [0.717, 1.165) is 17.2 Å². The van der Waals surface area contributed by atoms with Gasteiger partial charge in [0.2, 0.25) is 0 Å². The Bertz CT molecular complexity index is 347. The van der Waals surface area contributed by atoms with Crippen LogP contribution in [0, 0.1) is 5.92 Å². The van der Waals surface area contributed by atoms with Crippen molar-refractivity contribution in [3.63, 3.8) is 0 Å². The van der Waals surface area contributed by atoms with Gasteiger partial charge in [0.25, 0.3) is 0 Å². The van der Waals surface area contributed by atoms with Crippen LogP contribution in [0.1, 0.15) is 44.2 Å². The third kappa shape index (κ3) is 3.68. The van der Waals surface area contributed by atoms with Gasteiger partial charge in [0.1, 0.15) is 0 Å². The Kier molecular flexibility index (Phi) is 4.86. The summed E-state index contributed by atoms with van der Waals surface area (Å²) >= 11 is 7.54. The molecule has 17 heavy (non-hydrogen) atoms. The Balaban J connectivity index is 1.81.